The second kappa shape index (κ2) is 12.4. The number of carbonyl (C=O) groups is 2. The van der Waals surface area contributed by atoms with Crippen molar-refractivity contribution in [1.82, 2.24) is 29.8 Å². The van der Waals surface area contributed by atoms with Crippen LogP contribution in [0.5, 0.6) is 0 Å². The van der Waals surface area contributed by atoms with Crippen LogP contribution in [-0.4, -0.2) is 75.8 Å². The molecule has 4 heterocycles. The Bertz CT molecular complexity index is 1570. The van der Waals surface area contributed by atoms with E-state index in [4.69, 9.17) is 10.5 Å². The zero-order valence-corrected chi connectivity index (χ0v) is 22.3. The number of hydrogen-bond donors (Lipinski definition) is 4. The first-order valence-corrected chi connectivity index (χ1v) is 13.1. The number of nitrogens with one attached hydrogen (secondary N) is 3. The van der Waals surface area contributed by atoms with E-state index in [0.29, 0.717) is 47.7 Å². The lowest BCUT2D eigenvalue weighted by atomic mass is 10.0. The summed E-state index contributed by atoms with van der Waals surface area (Å²) in [6.45, 7) is 4.48. The molecule has 0 saturated carbocycles. The number of carbonyl (C=O) groups excluding carboxylic acids is 2. The Hall–Kier alpha value is -4.76. The molecule has 0 radical (unpaired) electrons. The van der Waals surface area contributed by atoms with Crippen LogP contribution in [0.15, 0.2) is 55.0 Å². The smallest absolute Gasteiger partial charge is 0.382 e. The van der Waals surface area contributed by atoms with Crippen LogP contribution in [0, 0.1) is 0 Å². The molecule has 1 aliphatic rings. The van der Waals surface area contributed by atoms with Crippen molar-refractivity contribution in [3.8, 4) is 11.1 Å². The fourth-order valence-corrected chi connectivity index (χ4v) is 4.58. The van der Waals surface area contributed by atoms with E-state index in [-0.39, 0.29) is 17.5 Å². The molecular weight excluding hydrogens is 555 g/mol. The summed E-state index contributed by atoms with van der Waals surface area (Å²) in [5.41, 5.74) is 7.32. The van der Waals surface area contributed by atoms with Crippen molar-refractivity contribution in [3.05, 3.63) is 66.2 Å². The lowest BCUT2D eigenvalue weighted by Crippen LogP contribution is -2.38. The number of amides is 3. The minimum absolute atomic E-state index is 0.182. The predicted molar refractivity (Wildman–Crippen MR) is 149 cm³/mol. The SMILES string of the molecule is Nc1ncnn2cc(C(=O)NCCCN3CCOCC3)c(-c3ccc(NC(=O)Nc4cccc(C(F)(F)F)n4)cc3)c12. The highest BCUT2D eigenvalue weighted by atomic mass is 19.4. The second-order valence-electron chi connectivity index (χ2n) is 9.48. The Balaban J connectivity index is 1.29. The molecule has 3 aromatic heterocycles. The molecule has 12 nitrogen and oxygen atoms in total. The number of halogens is 3. The highest BCUT2D eigenvalue weighted by molar-refractivity contribution is 6.07. The number of aromatic nitrogens is 4. The molecule has 0 spiro atoms. The van der Waals surface area contributed by atoms with E-state index >= 15 is 0 Å². The Labute approximate surface area is 238 Å². The highest BCUT2D eigenvalue weighted by Gasteiger charge is 2.32. The number of nitrogens with zero attached hydrogens (tertiary/aromatic N) is 5. The van der Waals surface area contributed by atoms with Gasteiger partial charge in [-0.3, -0.25) is 15.0 Å². The van der Waals surface area contributed by atoms with Gasteiger partial charge in [-0.15, -0.1) is 0 Å². The van der Waals surface area contributed by atoms with E-state index in [2.05, 4.69) is 35.9 Å². The van der Waals surface area contributed by atoms with Crippen molar-refractivity contribution in [2.24, 2.45) is 0 Å². The second-order valence-corrected chi connectivity index (χ2v) is 9.48. The molecule has 220 valence electrons. The van der Waals surface area contributed by atoms with E-state index < -0.39 is 17.9 Å². The number of fused-ring (bicyclic) bond motifs is 1. The van der Waals surface area contributed by atoms with E-state index in [1.165, 1.54) is 16.9 Å². The third-order valence-corrected chi connectivity index (χ3v) is 6.60. The van der Waals surface area contributed by atoms with Gasteiger partial charge in [-0.25, -0.2) is 19.3 Å². The fourth-order valence-electron chi connectivity index (χ4n) is 4.58. The lowest BCUT2D eigenvalue weighted by Gasteiger charge is -2.26. The van der Waals surface area contributed by atoms with E-state index in [1.54, 1.807) is 30.5 Å². The van der Waals surface area contributed by atoms with Crippen LogP contribution in [0.1, 0.15) is 22.5 Å². The van der Waals surface area contributed by atoms with Crippen molar-refractivity contribution in [2.75, 3.05) is 55.8 Å². The van der Waals surface area contributed by atoms with E-state index in [1.807, 2.05) is 0 Å². The number of benzene rings is 1. The third kappa shape index (κ3) is 6.75. The Kier molecular flexibility index (Phi) is 8.49. The summed E-state index contributed by atoms with van der Waals surface area (Å²) in [4.78, 5) is 35.4. The van der Waals surface area contributed by atoms with Gasteiger partial charge in [0.2, 0.25) is 0 Å². The zero-order valence-electron chi connectivity index (χ0n) is 22.3. The molecule has 1 fully saturated rings. The molecular formula is C27H28F3N9O3. The van der Waals surface area contributed by atoms with Crippen LogP contribution in [-0.2, 0) is 10.9 Å². The first-order valence-electron chi connectivity index (χ1n) is 13.1. The topological polar surface area (TPSA) is 152 Å². The average molecular weight is 584 g/mol. The maximum Gasteiger partial charge on any atom is 0.433 e. The van der Waals surface area contributed by atoms with Crippen molar-refractivity contribution < 1.29 is 27.5 Å². The van der Waals surface area contributed by atoms with Crippen LogP contribution < -0.4 is 21.7 Å². The number of alkyl halides is 3. The first-order chi connectivity index (χ1) is 20.2. The largest absolute Gasteiger partial charge is 0.433 e. The number of hydrogen-bond acceptors (Lipinski definition) is 8. The third-order valence-electron chi connectivity index (χ3n) is 6.60. The van der Waals surface area contributed by atoms with Crippen molar-refractivity contribution >= 4 is 34.8 Å². The number of ether oxygens (including phenoxy) is 1. The molecule has 5 N–H and O–H groups in total. The van der Waals surface area contributed by atoms with Crippen LogP contribution in [0.3, 0.4) is 0 Å². The molecule has 42 heavy (non-hydrogen) atoms. The maximum absolute atomic E-state index is 13.3. The number of nitrogen functional groups attached to an aromatic ring is 1. The number of nitrogens with two attached hydrogens (primary N) is 1. The Morgan fingerprint density at radius 3 is 2.55 bits per heavy atom. The Morgan fingerprint density at radius 2 is 1.81 bits per heavy atom. The summed E-state index contributed by atoms with van der Waals surface area (Å²) in [5, 5.41) is 12.0. The van der Waals surface area contributed by atoms with Crippen LogP contribution in [0.25, 0.3) is 16.6 Å². The summed E-state index contributed by atoms with van der Waals surface area (Å²) in [6.07, 6.45) is -0.988. The van der Waals surface area contributed by atoms with Crippen molar-refractivity contribution in [1.29, 1.82) is 0 Å². The maximum atomic E-state index is 13.3. The van der Waals surface area contributed by atoms with Gasteiger partial charge in [0.25, 0.3) is 5.91 Å². The van der Waals surface area contributed by atoms with Gasteiger partial charge in [-0.2, -0.15) is 18.3 Å². The molecule has 5 rings (SSSR count). The monoisotopic (exact) mass is 583 g/mol. The van der Waals surface area contributed by atoms with Gasteiger partial charge in [-0.1, -0.05) is 18.2 Å². The fraction of sp³-hybridized carbons (Fsp3) is 0.296. The molecule has 1 aliphatic heterocycles. The highest BCUT2D eigenvalue weighted by Crippen LogP contribution is 2.33. The summed E-state index contributed by atoms with van der Waals surface area (Å²) in [6, 6.07) is 8.95. The van der Waals surface area contributed by atoms with Gasteiger partial charge >= 0.3 is 12.2 Å². The van der Waals surface area contributed by atoms with Crippen molar-refractivity contribution in [2.45, 2.75) is 12.6 Å². The van der Waals surface area contributed by atoms with Crippen LogP contribution >= 0.6 is 0 Å². The average Bonchev–Trinajstić information content (AvgIpc) is 3.37. The number of anilines is 3. The first kappa shape index (κ1) is 28.8. The number of pyridine rings is 1. The summed E-state index contributed by atoms with van der Waals surface area (Å²) in [5.74, 6) is -0.371. The molecule has 0 bridgehead atoms. The van der Waals surface area contributed by atoms with Gasteiger partial charge < -0.3 is 21.1 Å². The number of urea groups is 1. The molecule has 0 aliphatic carbocycles. The summed E-state index contributed by atoms with van der Waals surface area (Å²) in [7, 11) is 0. The molecule has 15 heteroatoms. The summed E-state index contributed by atoms with van der Waals surface area (Å²) >= 11 is 0. The zero-order chi connectivity index (χ0) is 29.7. The van der Waals surface area contributed by atoms with Crippen molar-refractivity contribution in [3.63, 3.8) is 0 Å². The van der Waals surface area contributed by atoms with Gasteiger partial charge in [-0.05, 0) is 42.8 Å². The van der Waals surface area contributed by atoms with Crippen LogP contribution in [0.2, 0.25) is 0 Å². The Morgan fingerprint density at radius 1 is 1.05 bits per heavy atom. The molecule has 4 aromatic rings. The molecule has 3 amide bonds. The normalized spacial score (nSPS) is 14.1. The predicted octanol–water partition coefficient (Wildman–Crippen LogP) is 3.49. The van der Waals surface area contributed by atoms with Gasteiger partial charge in [0.1, 0.15) is 23.4 Å². The standard InChI is InChI=1S/C27H28F3N9O3/c28-27(29,30)20-3-1-4-21(36-20)37-26(41)35-18-7-5-17(6-8-18)22-19(15-39-23(22)24(31)33-16-34-39)25(40)32-9-2-10-38-11-13-42-14-12-38/h1,3-8,15-16H,2,9-14H2,(H,32,40)(H2,31,33,34)(H2,35,36,37,41). The molecule has 1 aromatic carbocycles. The lowest BCUT2D eigenvalue weighted by molar-refractivity contribution is -0.141. The van der Waals surface area contributed by atoms with Gasteiger partial charge in [0.15, 0.2) is 5.82 Å². The number of morpholine rings is 1. The minimum atomic E-state index is -4.64. The molecule has 0 unspecified atom stereocenters. The molecule has 0 atom stereocenters. The molecule has 1 saturated heterocycles. The number of rotatable bonds is 8. The van der Waals surface area contributed by atoms with Gasteiger partial charge in [0.05, 0.1) is 18.8 Å². The van der Waals surface area contributed by atoms with E-state index in [9.17, 15) is 22.8 Å². The quantitative estimate of drug-likeness (QED) is 0.230. The van der Waals surface area contributed by atoms with Crippen LogP contribution in [0.4, 0.5) is 35.3 Å². The van der Waals surface area contributed by atoms with E-state index in [0.717, 1.165) is 38.2 Å². The van der Waals surface area contributed by atoms with Gasteiger partial charge in [0, 0.05) is 37.1 Å². The summed E-state index contributed by atoms with van der Waals surface area (Å²) < 4.78 is 45.6. The minimum Gasteiger partial charge on any atom is -0.382 e.